The minimum absolute atomic E-state index is 0.327. The van der Waals surface area contributed by atoms with E-state index in [0.29, 0.717) is 5.75 Å². The van der Waals surface area contributed by atoms with Gasteiger partial charge in [-0.2, -0.15) is 0 Å². The third-order valence-electron chi connectivity index (χ3n) is 3.25. The molecule has 1 atom stereocenters. The molecule has 0 aliphatic carbocycles. The Labute approximate surface area is 119 Å². The fourth-order valence-electron chi connectivity index (χ4n) is 2.17. The maximum absolute atomic E-state index is 6.36. The summed E-state index contributed by atoms with van der Waals surface area (Å²) in [5.74, 6) is 2.19. The van der Waals surface area contributed by atoms with Crippen LogP contribution in [-0.2, 0) is 0 Å². The van der Waals surface area contributed by atoms with E-state index < -0.39 is 0 Å². The number of benzene rings is 2. The summed E-state index contributed by atoms with van der Waals surface area (Å²) in [5, 5.41) is 0. The van der Waals surface area contributed by atoms with Crippen molar-refractivity contribution in [3.63, 3.8) is 0 Å². The van der Waals surface area contributed by atoms with E-state index in [1.54, 1.807) is 21.3 Å². The summed E-state index contributed by atoms with van der Waals surface area (Å²) >= 11 is 0. The zero-order chi connectivity index (χ0) is 14.5. The predicted molar refractivity (Wildman–Crippen MR) is 78.6 cm³/mol. The van der Waals surface area contributed by atoms with Crippen molar-refractivity contribution in [2.24, 2.45) is 5.73 Å². The van der Waals surface area contributed by atoms with Gasteiger partial charge in [-0.1, -0.05) is 18.2 Å². The molecule has 4 heteroatoms. The lowest BCUT2D eigenvalue weighted by Gasteiger charge is -2.19. The quantitative estimate of drug-likeness (QED) is 0.910. The van der Waals surface area contributed by atoms with E-state index in [1.165, 1.54) is 0 Å². The van der Waals surface area contributed by atoms with Gasteiger partial charge in [-0.3, -0.25) is 0 Å². The molecule has 20 heavy (non-hydrogen) atoms. The molecule has 0 heterocycles. The van der Waals surface area contributed by atoms with Crippen LogP contribution in [0.1, 0.15) is 17.2 Å². The van der Waals surface area contributed by atoms with Crippen LogP contribution in [0, 0.1) is 0 Å². The van der Waals surface area contributed by atoms with Crippen molar-refractivity contribution in [1.82, 2.24) is 0 Å². The predicted octanol–water partition coefficient (Wildman–Crippen LogP) is 2.76. The van der Waals surface area contributed by atoms with Crippen LogP contribution >= 0.6 is 0 Å². The van der Waals surface area contributed by atoms with Crippen molar-refractivity contribution in [3.8, 4) is 17.2 Å². The average molecular weight is 273 g/mol. The van der Waals surface area contributed by atoms with Gasteiger partial charge in [0.1, 0.15) is 17.2 Å². The molecule has 2 aromatic rings. The highest BCUT2D eigenvalue weighted by Crippen LogP contribution is 2.34. The van der Waals surface area contributed by atoms with Crippen molar-refractivity contribution < 1.29 is 14.2 Å². The standard InChI is InChI=1S/C16H19NO3/c1-18-11-8-9-13(15(10-11)20-3)16(17)12-6-4-5-7-14(12)19-2/h4-10,16H,17H2,1-3H3. The Balaban J connectivity index is 2.45. The molecule has 2 N–H and O–H groups in total. The second-order valence-electron chi connectivity index (χ2n) is 4.33. The van der Waals surface area contributed by atoms with Gasteiger partial charge in [0, 0.05) is 17.2 Å². The average Bonchev–Trinajstić information content (AvgIpc) is 2.53. The van der Waals surface area contributed by atoms with Crippen molar-refractivity contribution in [2.45, 2.75) is 6.04 Å². The SMILES string of the molecule is COc1ccc(C(N)c2ccccc2OC)c(OC)c1. The van der Waals surface area contributed by atoms with Gasteiger partial charge in [0.15, 0.2) is 0 Å². The Morgan fingerprint density at radius 3 is 2.10 bits per heavy atom. The number of para-hydroxylation sites is 1. The Kier molecular flexibility index (Phi) is 4.48. The smallest absolute Gasteiger partial charge is 0.127 e. The zero-order valence-corrected chi connectivity index (χ0v) is 11.9. The van der Waals surface area contributed by atoms with Crippen molar-refractivity contribution in [3.05, 3.63) is 53.6 Å². The van der Waals surface area contributed by atoms with Crippen LogP contribution in [0.25, 0.3) is 0 Å². The lowest BCUT2D eigenvalue weighted by Crippen LogP contribution is -2.14. The molecular formula is C16H19NO3. The van der Waals surface area contributed by atoms with Gasteiger partial charge >= 0.3 is 0 Å². The van der Waals surface area contributed by atoms with Crippen LogP contribution in [0.2, 0.25) is 0 Å². The van der Waals surface area contributed by atoms with E-state index in [-0.39, 0.29) is 6.04 Å². The summed E-state index contributed by atoms with van der Waals surface area (Å²) in [7, 11) is 4.87. The van der Waals surface area contributed by atoms with Crippen molar-refractivity contribution in [2.75, 3.05) is 21.3 Å². The third-order valence-corrected chi connectivity index (χ3v) is 3.25. The summed E-state index contributed by atoms with van der Waals surface area (Å²) in [5.41, 5.74) is 8.16. The van der Waals surface area contributed by atoms with E-state index in [9.17, 15) is 0 Å². The number of methoxy groups -OCH3 is 3. The molecule has 4 nitrogen and oxygen atoms in total. The summed E-state index contributed by atoms with van der Waals surface area (Å²) < 4.78 is 16.0. The molecule has 1 unspecified atom stereocenters. The van der Waals surface area contributed by atoms with Gasteiger partial charge < -0.3 is 19.9 Å². The van der Waals surface area contributed by atoms with Crippen molar-refractivity contribution in [1.29, 1.82) is 0 Å². The molecule has 0 bridgehead atoms. The van der Waals surface area contributed by atoms with Gasteiger partial charge in [0.2, 0.25) is 0 Å². The van der Waals surface area contributed by atoms with E-state index in [1.807, 2.05) is 42.5 Å². The van der Waals surface area contributed by atoms with Gasteiger partial charge in [0.25, 0.3) is 0 Å². The molecule has 0 fully saturated rings. The first-order valence-corrected chi connectivity index (χ1v) is 6.31. The van der Waals surface area contributed by atoms with Crippen LogP contribution in [0.4, 0.5) is 0 Å². The second kappa shape index (κ2) is 6.30. The van der Waals surface area contributed by atoms with Crippen LogP contribution in [0.3, 0.4) is 0 Å². The zero-order valence-electron chi connectivity index (χ0n) is 11.9. The lowest BCUT2D eigenvalue weighted by atomic mass is 9.97. The minimum atomic E-state index is -0.327. The fourth-order valence-corrected chi connectivity index (χ4v) is 2.17. The molecule has 0 radical (unpaired) electrons. The van der Waals surface area contributed by atoms with Gasteiger partial charge in [-0.25, -0.2) is 0 Å². The number of hydrogen-bond donors (Lipinski definition) is 1. The highest BCUT2D eigenvalue weighted by molar-refractivity contribution is 5.48. The van der Waals surface area contributed by atoms with Crippen LogP contribution < -0.4 is 19.9 Å². The molecule has 0 saturated carbocycles. The molecule has 0 spiro atoms. The van der Waals surface area contributed by atoms with Gasteiger partial charge in [0.05, 0.1) is 27.4 Å². The molecule has 2 rings (SSSR count). The van der Waals surface area contributed by atoms with Crippen LogP contribution in [0.15, 0.2) is 42.5 Å². The first-order valence-electron chi connectivity index (χ1n) is 6.31. The Morgan fingerprint density at radius 1 is 0.800 bits per heavy atom. The van der Waals surface area contributed by atoms with E-state index in [4.69, 9.17) is 19.9 Å². The normalized spacial score (nSPS) is 11.8. The number of nitrogens with two attached hydrogens (primary N) is 1. The molecule has 0 saturated heterocycles. The molecule has 0 aliphatic heterocycles. The monoisotopic (exact) mass is 273 g/mol. The number of hydrogen-bond acceptors (Lipinski definition) is 4. The van der Waals surface area contributed by atoms with Gasteiger partial charge in [-0.05, 0) is 18.2 Å². The first kappa shape index (κ1) is 14.2. The topological polar surface area (TPSA) is 53.7 Å². The summed E-state index contributed by atoms with van der Waals surface area (Å²) in [6.07, 6.45) is 0. The number of rotatable bonds is 5. The largest absolute Gasteiger partial charge is 0.497 e. The maximum Gasteiger partial charge on any atom is 0.127 e. The lowest BCUT2D eigenvalue weighted by molar-refractivity contribution is 0.388. The molecule has 106 valence electrons. The van der Waals surface area contributed by atoms with Crippen molar-refractivity contribution >= 4 is 0 Å². The van der Waals surface area contributed by atoms with Crippen LogP contribution in [-0.4, -0.2) is 21.3 Å². The molecule has 0 amide bonds. The Morgan fingerprint density at radius 2 is 1.45 bits per heavy atom. The number of ether oxygens (including phenoxy) is 3. The van der Waals surface area contributed by atoms with Crippen LogP contribution in [0.5, 0.6) is 17.2 Å². The van der Waals surface area contributed by atoms with E-state index in [0.717, 1.165) is 22.6 Å². The highest BCUT2D eigenvalue weighted by Gasteiger charge is 2.18. The Hall–Kier alpha value is -2.20. The molecular weight excluding hydrogens is 254 g/mol. The van der Waals surface area contributed by atoms with Gasteiger partial charge in [-0.15, -0.1) is 0 Å². The summed E-state index contributed by atoms with van der Waals surface area (Å²) in [4.78, 5) is 0. The molecule has 2 aromatic carbocycles. The molecule has 0 aliphatic rings. The fraction of sp³-hybridized carbons (Fsp3) is 0.250. The maximum atomic E-state index is 6.36. The highest BCUT2D eigenvalue weighted by atomic mass is 16.5. The summed E-state index contributed by atoms with van der Waals surface area (Å²) in [6, 6.07) is 13.0. The third kappa shape index (κ3) is 2.70. The minimum Gasteiger partial charge on any atom is -0.497 e. The van der Waals surface area contributed by atoms with E-state index >= 15 is 0 Å². The molecule has 0 aromatic heterocycles. The van der Waals surface area contributed by atoms with E-state index in [2.05, 4.69) is 0 Å². The summed E-state index contributed by atoms with van der Waals surface area (Å²) in [6.45, 7) is 0. The second-order valence-corrected chi connectivity index (χ2v) is 4.33. The Bertz CT molecular complexity index is 584. The first-order chi connectivity index (χ1) is 9.71.